The topological polar surface area (TPSA) is 55.8 Å². The molecule has 1 saturated heterocycles. The van der Waals surface area contributed by atoms with Gasteiger partial charge in [-0.2, -0.15) is 0 Å². The molecule has 0 bridgehead atoms. The first-order valence-corrected chi connectivity index (χ1v) is 6.86. The maximum absolute atomic E-state index is 12.2. The fourth-order valence-corrected chi connectivity index (χ4v) is 2.39. The molecule has 0 saturated carbocycles. The number of methoxy groups -OCH3 is 2. The maximum atomic E-state index is 12.2. The van der Waals surface area contributed by atoms with E-state index in [1.165, 1.54) is 13.2 Å². The minimum atomic E-state index is -0.456. The molecule has 1 heterocycles. The van der Waals surface area contributed by atoms with E-state index in [0.717, 1.165) is 17.7 Å². The second kappa shape index (κ2) is 6.92. The Kier molecular flexibility index (Phi) is 4.98. The van der Waals surface area contributed by atoms with Gasteiger partial charge in [-0.1, -0.05) is 12.1 Å². The van der Waals surface area contributed by atoms with Gasteiger partial charge in [0.2, 0.25) is 5.91 Å². The Hall–Kier alpha value is -2.30. The number of rotatable bonds is 4. The van der Waals surface area contributed by atoms with E-state index >= 15 is 0 Å². The number of hydrogen-bond donors (Lipinski definition) is 0. The Balaban J connectivity index is 2.02. The van der Waals surface area contributed by atoms with E-state index in [9.17, 15) is 9.59 Å². The Bertz CT molecular complexity index is 536. The van der Waals surface area contributed by atoms with Crippen LogP contribution in [0, 0.1) is 0 Å². The highest BCUT2D eigenvalue weighted by molar-refractivity contribution is 5.95. The van der Waals surface area contributed by atoms with E-state index < -0.39 is 6.04 Å². The smallest absolute Gasteiger partial charge is 0.328 e. The van der Waals surface area contributed by atoms with Crippen LogP contribution in [0.1, 0.15) is 18.4 Å². The molecular weight excluding hydrogens is 270 g/mol. The van der Waals surface area contributed by atoms with Gasteiger partial charge in [-0.25, -0.2) is 4.79 Å². The van der Waals surface area contributed by atoms with Crippen LogP contribution in [-0.2, 0) is 14.3 Å². The number of nitrogens with zero attached hydrogens (tertiary/aromatic N) is 1. The average Bonchev–Trinajstić information content (AvgIpc) is 3.02. The molecule has 0 aliphatic carbocycles. The normalized spacial score (nSPS) is 18.0. The van der Waals surface area contributed by atoms with E-state index in [4.69, 9.17) is 9.47 Å². The number of ether oxygens (including phenoxy) is 2. The molecule has 5 heteroatoms. The van der Waals surface area contributed by atoms with Crippen LogP contribution in [0.4, 0.5) is 0 Å². The Morgan fingerprint density at radius 3 is 2.57 bits per heavy atom. The van der Waals surface area contributed by atoms with Gasteiger partial charge in [0.25, 0.3) is 0 Å². The van der Waals surface area contributed by atoms with E-state index in [1.807, 2.05) is 24.3 Å². The maximum Gasteiger partial charge on any atom is 0.328 e. The Labute approximate surface area is 124 Å². The van der Waals surface area contributed by atoms with Gasteiger partial charge in [-0.3, -0.25) is 4.79 Å². The van der Waals surface area contributed by atoms with Gasteiger partial charge in [0.1, 0.15) is 11.8 Å². The summed E-state index contributed by atoms with van der Waals surface area (Å²) in [4.78, 5) is 25.4. The van der Waals surface area contributed by atoms with Crippen molar-refractivity contribution in [3.63, 3.8) is 0 Å². The second-order valence-corrected chi connectivity index (χ2v) is 4.82. The van der Waals surface area contributed by atoms with Crippen LogP contribution < -0.4 is 4.74 Å². The van der Waals surface area contributed by atoms with E-state index in [0.29, 0.717) is 13.0 Å². The zero-order chi connectivity index (χ0) is 15.2. The third-order valence-corrected chi connectivity index (χ3v) is 3.54. The van der Waals surface area contributed by atoms with Crippen molar-refractivity contribution in [2.45, 2.75) is 18.9 Å². The lowest BCUT2D eigenvalue weighted by atomic mass is 10.2. The first-order valence-electron chi connectivity index (χ1n) is 6.86. The zero-order valence-electron chi connectivity index (χ0n) is 12.2. The van der Waals surface area contributed by atoms with Crippen LogP contribution in [0.3, 0.4) is 0 Å². The molecule has 1 fully saturated rings. The number of amides is 1. The van der Waals surface area contributed by atoms with Crippen molar-refractivity contribution in [1.82, 2.24) is 4.90 Å². The van der Waals surface area contributed by atoms with Crippen molar-refractivity contribution in [3.05, 3.63) is 35.9 Å². The van der Waals surface area contributed by atoms with Gasteiger partial charge in [0, 0.05) is 12.6 Å². The molecule has 0 N–H and O–H groups in total. The zero-order valence-corrected chi connectivity index (χ0v) is 12.2. The Morgan fingerprint density at radius 1 is 1.24 bits per heavy atom. The summed E-state index contributed by atoms with van der Waals surface area (Å²) >= 11 is 0. The van der Waals surface area contributed by atoms with Crippen molar-refractivity contribution in [2.24, 2.45) is 0 Å². The molecule has 1 aliphatic heterocycles. The van der Waals surface area contributed by atoms with Crippen molar-refractivity contribution in [2.75, 3.05) is 20.8 Å². The highest BCUT2D eigenvalue weighted by Crippen LogP contribution is 2.19. The van der Waals surface area contributed by atoms with Gasteiger partial charge in [-0.05, 0) is 36.6 Å². The molecule has 1 aromatic carbocycles. The molecule has 1 unspecified atom stereocenters. The summed E-state index contributed by atoms with van der Waals surface area (Å²) in [7, 11) is 2.95. The van der Waals surface area contributed by atoms with E-state index in [1.54, 1.807) is 18.1 Å². The van der Waals surface area contributed by atoms with Crippen molar-refractivity contribution in [1.29, 1.82) is 0 Å². The number of hydrogen-bond acceptors (Lipinski definition) is 4. The lowest BCUT2D eigenvalue weighted by Crippen LogP contribution is -2.40. The van der Waals surface area contributed by atoms with Crippen LogP contribution in [0.15, 0.2) is 30.3 Å². The minimum Gasteiger partial charge on any atom is -0.497 e. The summed E-state index contributed by atoms with van der Waals surface area (Å²) in [6.07, 6.45) is 4.70. The van der Waals surface area contributed by atoms with Crippen molar-refractivity contribution >= 4 is 18.0 Å². The second-order valence-electron chi connectivity index (χ2n) is 4.82. The molecule has 21 heavy (non-hydrogen) atoms. The van der Waals surface area contributed by atoms with Crippen LogP contribution in [0.25, 0.3) is 6.08 Å². The molecule has 1 atom stereocenters. The molecule has 0 aromatic heterocycles. The predicted octanol–water partition coefficient (Wildman–Crippen LogP) is 1.87. The number of carbonyl (C=O) groups is 2. The van der Waals surface area contributed by atoms with Crippen LogP contribution in [0.5, 0.6) is 5.75 Å². The third-order valence-electron chi connectivity index (χ3n) is 3.54. The fourth-order valence-electron chi connectivity index (χ4n) is 2.39. The molecule has 5 nitrogen and oxygen atoms in total. The number of carbonyl (C=O) groups excluding carboxylic acids is 2. The molecule has 112 valence electrons. The van der Waals surface area contributed by atoms with Crippen molar-refractivity contribution < 1.29 is 19.1 Å². The van der Waals surface area contributed by atoms with Gasteiger partial charge in [-0.15, -0.1) is 0 Å². The molecule has 0 spiro atoms. The number of benzene rings is 1. The molecule has 0 radical (unpaired) electrons. The van der Waals surface area contributed by atoms with Gasteiger partial charge in [0.05, 0.1) is 14.2 Å². The fraction of sp³-hybridized carbons (Fsp3) is 0.375. The molecule has 1 amide bonds. The third kappa shape index (κ3) is 3.62. The van der Waals surface area contributed by atoms with Gasteiger partial charge < -0.3 is 14.4 Å². The highest BCUT2D eigenvalue weighted by Gasteiger charge is 2.33. The standard InChI is InChI=1S/C16H19NO4/c1-20-13-8-5-12(6-9-13)7-10-15(18)17-11-3-4-14(17)16(19)21-2/h5-10,14H,3-4,11H2,1-2H3. The summed E-state index contributed by atoms with van der Waals surface area (Å²) in [5.74, 6) is 0.251. The van der Waals surface area contributed by atoms with Crippen LogP contribution >= 0.6 is 0 Å². The van der Waals surface area contributed by atoms with Gasteiger partial charge >= 0.3 is 5.97 Å². The van der Waals surface area contributed by atoms with E-state index in [2.05, 4.69) is 0 Å². The minimum absolute atomic E-state index is 0.168. The summed E-state index contributed by atoms with van der Waals surface area (Å²) in [6, 6.07) is 6.94. The lowest BCUT2D eigenvalue weighted by Gasteiger charge is -2.20. The molecular formula is C16H19NO4. The molecule has 1 aliphatic rings. The summed E-state index contributed by atoms with van der Waals surface area (Å²) < 4.78 is 9.81. The SMILES string of the molecule is COC(=O)C1CCCN1C(=O)C=Cc1ccc(OC)cc1. The number of likely N-dealkylation sites (tertiary alicyclic amines) is 1. The number of esters is 1. The van der Waals surface area contributed by atoms with Crippen LogP contribution in [-0.4, -0.2) is 43.6 Å². The van der Waals surface area contributed by atoms with Crippen molar-refractivity contribution in [3.8, 4) is 5.75 Å². The van der Waals surface area contributed by atoms with Gasteiger partial charge in [0.15, 0.2) is 0 Å². The predicted molar refractivity (Wildman–Crippen MR) is 78.8 cm³/mol. The van der Waals surface area contributed by atoms with E-state index in [-0.39, 0.29) is 11.9 Å². The summed E-state index contributed by atoms with van der Waals surface area (Å²) in [5.41, 5.74) is 0.901. The highest BCUT2D eigenvalue weighted by atomic mass is 16.5. The first kappa shape index (κ1) is 15.1. The largest absolute Gasteiger partial charge is 0.497 e. The van der Waals surface area contributed by atoms with Crippen LogP contribution in [0.2, 0.25) is 0 Å². The summed E-state index contributed by atoms with van der Waals surface area (Å²) in [5, 5.41) is 0. The lowest BCUT2D eigenvalue weighted by molar-refractivity contribution is -0.149. The molecule has 2 rings (SSSR count). The average molecular weight is 289 g/mol. The summed E-state index contributed by atoms with van der Waals surface area (Å²) in [6.45, 7) is 0.589. The Morgan fingerprint density at radius 2 is 1.95 bits per heavy atom. The monoisotopic (exact) mass is 289 g/mol. The quantitative estimate of drug-likeness (QED) is 0.627. The molecule has 1 aromatic rings. The first-order chi connectivity index (χ1) is 10.2.